The summed E-state index contributed by atoms with van der Waals surface area (Å²) in [7, 11) is 0. The molecule has 32 heavy (non-hydrogen) atoms. The minimum Gasteiger partial charge on any atom is -0.494 e. The number of hydrogen-bond acceptors (Lipinski definition) is 4. The largest absolute Gasteiger partial charge is 0.494 e. The Kier molecular flexibility index (Phi) is 7.78. The van der Waals surface area contributed by atoms with Gasteiger partial charge in [-0.15, -0.1) is 0 Å². The highest BCUT2D eigenvalue weighted by molar-refractivity contribution is 6.04. The van der Waals surface area contributed by atoms with E-state index in [1.54, 1.807) is 12.1 Å². The number of hydrogen-bond donors (Lipinski definition) is 1. The van der Waals surface area contributed by atoms with E-state index in [0.29, 0.717) is 12.2 Å². The van der Waals surface area contributed by atoms with E-state index in [1.165, 1.54) is 0 Å². The normalized spacial score (nSPS) is 14.2. The third-order valence-corrected chi connectivity index (χ3v) is 5.58. The number of unbranched alkanes of at least 4 members (excludes halogenated alkanes) is 1. The highest BCUT2D eigenvalue weighted by atomic mass is 16.5. The molecule has 1 aliphatic rings. The van der Waals surface area contributed by atoms with Gasteiger partial charge in [0.25, 0.3) is 5.91 Å². The maximum atomic E-state index is 12.6. The number of anilines is 2. The first kappa shape index (κ1) is 23.6. The van der Waals surface area contributed by atoms with Gasteiger partial charge in [0.2, 0.25) is 5.91 Å². The van der Waals surface area contributed by atoms with E-state index in [1.807, 2.05) is 62.1 Å². The Morgan fingerprint density at radius 3 is 2.12 bits per heavy atom. The second kappa shape index (κ2) is 10.5. The second-order valence-electron chi connectivity index (χ2n) is 9.26. The number of carbonyl (C=O) groups is 2. The average molecular weight is 438 g/mol. The first-order valence-electron chi connectivity index (χ1n) is 11.5. The highest BCUT2D eigenvalue weighted by Crippen LogP contribution is 2.23. The molecule has 0 bridgehead atoms. The van der Waals surface area contributed by atoms with Crippen LogP contribution in [0.15, 0.2) is 48.5 Å². The molecule has 172 valence electrons. The van der Waals surface area contributed by atoms with Gasteiger partial charge >= 0.3 is 0 Å². The van der Waals surface area contributed by atoms with Gasteiger partial charge in [0.05, 0.1) is 6.61 Å². The SMILES string of the molecule is CCCCOc1ccc(C(=O)Nc2ccc(N3CCN(C(=O)C(C)(C)C)CC3)cc2)cc1. The van der Waals surface area contributed by atoms with Crippen molar-refractivity contribution in [2.24, 2.45) is 5.41 Å². The number of carbonyl (C=O) groups excluding carboxylic acids is 2. The number of nitrogens with zero attached hydrogens (tertiary/aromatic N) is 2. The number of amides is 2. The maximum absolute atomic E-state index is 12.6. The first-order chi connectivity index (χ1) is 15.3. The average Bonchev–Trinajstić information content (AvgIpc) is 2.79. The predicted octanol–water partition coefficient (Wildman–Crippen LogP) is 4.81. The van der Waals surface area contributed by atoms with Crippen LogP contribution in [-0.4, -0.2) is 49.5 Å². The lowest BCUT2D eigenvalue weighted by Gasteiger charge is -2.38. The summed E-state index contributed by atoms with van der Waals surface area (Å²) in [4.78, 5) is 29.2. The van der Waals surface area contributed by atoms with Crippen molar-refractivity contribution in [2.45, 2.75) is 40.5 Å². The standard InChI is InChI=1S/C26H35N3O3/c1-5-6-19-32-23-13-7-20(8-14-23)24(30)27-21-9-11-22(12-10-21)28-15-17-29(18-16-28)25(31)26(2,3)4/h7-14H,5-6,15-19H2,1-4H3,(H,27,30). The molecule has 0 radical (unpaired) electrons. The van der Waals surface area contributed by atoms with Crippen LogP contribution in [0, 0.1) is 5.41 Å². The third-order valence-electron chi connectivity index (χ3n) is 5.58. The lowest BCUT2D eigenvalue weighted by molar-refractivity contribution is -0.139. The van der Waals surface area contributed by atoms with E-state index in [-0.39, 0.29) is 17.2 Å². The molecule has 3 rings (SSSR count). The maximum Gasteiger partial charge on any atom is 0.255 e. The summed E-state index contributed by atoms with van der Waals surface area (Å²) in [6.07, 6.45) is 2.11. The Hall–Kier alpha value is -3.02. The van der Waals surface area contributed by atoms with Gasteiger partial charge in [0.15, 0.2) is 0 Å². The fraction of sp³-hybridized carbons (Fsp3) is 0.462. The van der Waals surface area contributed by atoms with Gasteiger partial charge in [-0.05, 0) is 55.0 Å². The zero-order chi connectivity index (χ0) is 23.1. The summed E-state index contributed by atoms with van der Waals surface area (Å²) in [6, 6.07) is 15.1. The molecule has 0 saturated carbocycles. The van der Waals surface area contributed by atoms with Crippen molar-refractivity contribution in [3.05, 3.63) is 54.1 Å². The topological polar surface area (TPSA) is 61.9 Å². The molecule has 0 spiro atoms. The van der Waals surface area contributed by atoms with Crippen LogP contribution in [0.2, 0.25) is 0 Å². The molecule has 1 aliphatic heterocycles. The summed E-state index contributed by atoms with van der Waals surface area (Å²) < 4.78 is 5.65. The first-order valence-corrected chi connectivity index (χ1v) is 11.5. The van der Waals surface area contributed by atoms with Crippen molar-refractivity contribution in [3.63, 3.8) is 0 Å². The summed E-state index contributed by atoms with van der Waals surface area (Å²) in [5, 5.41) is 2.95. The molecule has 1 fully saturated rings. The summed E-state index contributed by atoms with van der Waals surface area (Å²) in [6.45, 7) is 11.8. The molecule has 0 atom stereocenters. The van der Waals surface area contributed by atoms with Crippen molar-refractivity contribution >= 4 is 23.2 Å². The number of benzene rings is 2. The Bertz CT molecular complexity index is 893. The monoisotopic (exact) mass is 437 g/mol. The van der Waals surface area contributed by atoms with Gasteiger partial charge in [-0.2, -0.15) is 0 Å². The van der Waals surface area contributed by atoms with E-state index < -0.39 is 0 Å². The second-order valence-corrected chi connectivity index (χ2v) is 9.26. The molecule has 0 aliphatic carbocycles. The smallest absolute Gasteiger partial charge is 0.255 e. The van der Waals surface area contributed by atoms with E-state index in [0.717, 1.165) is 56.1 Å². The number of rotatable bonds is 7. The number of nitrogens with one attached hydrogen (secondary N) is 1. The van der Waals surface area contributed by atoms with Gasteiger partial charge in [-0.25, -0.2) is 0 Å². The van der Waals surface area contributed by atoms with Gasteiger partial charge in [0.1, 0.15) is 5.75 Å². The van der Waals surface area contributed by atoms with Crippen LogP contribution >= 0.6 is 0 Å². The van der Waals surface area contributed by atoms with Crippen LogP contribution in [0.5, 0.6) is 5.75 Å². The van der Waals surface area contributed by atoms with Gasteiger partial charge < -0.3 is 19.9 Å². The quantitative estimate of drug-likeness (QED) is 0.632. The minimum atomic E-state index is -0.343. The van der Waals surface area contributed by atoms with E-state index in [9.17, 15) is 9.59 Å². The highest BCUT2D eigenvalue weighted by Gasteiger charge is 2.29. The molecule has 2 amide bonds. The Labute approximate surface area is 191 Å². The minimum absolute atomic E-state index is 0.146. The van der Waals surface area contributed by atoms with Crippen LogP contribution in [0.4, 0.5) is 11.4 Å². The fourth-order valence-corrected chi connectivity index (χ4v) is 3.64. The Morgan fingerprint density at radius 1 is 0.938 bits per heavy atom. The Morgan fingerprint density at radius 2 is 1.56 bits per heavy atom. The van der Waals surface area contributed by atoms with E-state index in [4.69, 9.17) is 4.74 Å². The van der Waals surface area contributed by atoms with Gasteiger partial charge in [0, 0.05) is 48.5 Å². The molecule has 0 aromatic heterocycles. The van der Waals surface area contributed by atoms with Crippen LogP contribution in [0.1, 0.15) is 50.9 Å². The number of ether oxygens (including phenoxy) is 1. The molecule has 6 heteroatoms. The van der Waals surface area contributed by atoms with Crippen LogP contribution in [-0.2, 0) is 4.79 Å². The van der Waals surface area contributed by atoms with Crippen molar-refractivity contribution < 1.29 is 14.3 Å². The van der Waals surface area contributed by atoms with Gasteiger partial charge in [-0.3, -0.25) is 9.59 Å². The summed E-state index contributed by atoms with van der Waals surface area (Å²) >= 11 is 0. The molecule has 2 aromatic carbocycles. The van der Waals surface area contributed by atoms with Crippen molar-refractivity contribution in [1.29, 1.82) is 0 Å². The van der Waals surface area contributed by atoms with Crippen LogP contribution < -0.4 is 15.0 Å². The van der Waals surface area contributed by atoms with Crippen molar-refractivity contribution in [1.82, 2.24) is 4.90 Å². The summed E-state index contributed by atoms with van der Waals surface area (Å²) in [5.74, 6) is 0.839. The van der Waals surface area contributed by atoms with Crippen molar-refractivity contribution in [3.8, 4) is 5.75 Å². The predicted molar refractivity (Wildman–Crippen MR) is 129 cm³/mol. The molecule has 6 nitrogen and oxygen atoms in total. The molecular weight excluding hydrogens is 402 g/mol. The third kappa shape index (κ3) is 6.25. The van der Waals surface area contributed by atoms with Gasteiger partial charge in [-0.1, -0.05) is 34.1 Å². The lowest BCUT2D eigenvalue weighted by Crippen LogP contribution is -2.51. The van der Waals surface area contributed by atoms with E-state index in [2.05, 4.69) is 17.1 Å². The molecule has 1 saturated heterocycles. The van der Waals surface area contributed by atoms with E-state index >= 15 is 0 Å². The fourth-order valence-electron chi connectivity index (χ4n) is 3.64. The molecule has 0 unspecified atom stereocenters. The zero-order valence-corrected chi connectivity index (χ0v) is 19.7. The molecule has 1 heterocycles. The molecule has 2 aromatic rings. The number of piperazine rings is 1. The lowest BCUT2D eigenvalue weighted by atomic mass is 9.94. The van der Waals surface area contributed by atoms with Crippen LogP contribution in [0.3, 0.4) is 0 Å². The Balaban J connectivity index is 1.51. The van der Waals surface area contributed by atoms with Crippen molar-refractivity contribution in [2.75, 3.05) is 43.0 Å². The van der Waals surface area contributed by atoms with Crippen LogP contribution in [0.25, 0.3) is 0 Å². The zero-order valence-electron chi connectivity index (χ0n) is 19.7. The molecular formula is C26H35N3O3. The summed E-state index contributed by atoms with van der Waals surface area (Å²) in [5.41, 5.74) is 2.10. The molecule has 1 N–H and O–H groups in total.